The Kier molecular flexibility index (Phi) is 4.52. The molecule has 1 aromatic heterocycles. The summed E-state index contributed by atoms with van der Waals surface area (Å²) in [6, 6.07) is 11.3. The van der Waals surface area contributed by atoms with Crippen molar-refractivity contribution in [1.29, 1.82) is 0 Å². The quantitative estimate of drug-likeness (QED) is 0.866. The first-order valence-electron chi connectivity index (χ1n) is 7.66. The molecule has 3 rings (SSSR count). The molecule has 1 aliphatic rings. The van der Waals surface area contributed by atoms with Crippen molar-refractivity contribution < 1.29 is 9.53 Å². The SMILES string of the molecule is Cc1cc(C(=O)N(C)c2ccccc2)nc(N2CCOCC2)n1. The molecule has 0 unspecified atom stereocenters. The van der Waals surface area contributed by atoms with Gasteiger partial charge in [0.2, 0.25) is 5.95 Å². The maximum absolute atomic E-state index is 12.7. The van der Waals surface area contributed by atoms with Gasteiger partial charge in [-0.15, -0.1) is 0 Å². The van der Waals surface area contributed by atoms with E-state index in [1.165, 1.54) is 0 Å². The van der Waals surface area contributed by atoms with Gasteiger partial charge in [-0.1, -0.05) is 18.2 Å². The van der Waals surface area contributed by atoms with Crippen LogP contribution in [0.2, 0.25) is 0 Å². The van der Waals surface area contributed by atoms with E-state index in [1.54, 1.807) is 18.0 Å². The van der Waals surface area contributed by atoms with E-state index < -0.39 is 0 Å². The number of aryl methyl sites for hydroxylation is 1. The van der Waals surface area contributed by atoms with Crippen molar-refractivity contribution in [1.82, 2.24) is 9.97 Å². The van der Waals surface area contributed by atoms with Crippen molar-refractivity contribution in [2.75, 3.05) is 43.2 Å². The molecule has 23 heavy (non-hydrogen) atoms. The van der Waals surface area contributed by atoms with Crippen LogP contribution in [0.5, 0.6) is 0 Å². The lowest BCUT2D eigenvalue weighted by Gasteiger charge is -2.27. The van der Waals surface area contributed by atoms with Gasteiger partial charge >= 0.3 is 0 Å². The molecule has 0 saturated carbocycles. The van der Waals surface area contributed by atoms with Crippen LogP contribution in [0.25, 0.3) is 0 Å². The Bertz CT molecular complexity index is 684. The summed E-state index contributed by atoms with van der Waals surface area (Å²) >= 11 is 0. The second-order valence-corrected chi connectivity index (χ2v) is 5.49. The lowest BCUT2D eigenvalue weighted by molar-refractivity contribution is 0.0988. The normalized spacial score (nSPS) is 14.6. The third kappa shape index (κ3) is 3.48. The number of morpholine rings is 1. The molecule has 0 atom stereocenters. The average molecular weight is 312 g/mol. The summed E-state index contributed by atoms with van der Waals surface area (Å²) in [4.78, 5) is 25.3. The number of amides is 1. The van der Waals surface area contributed by atoms with Crippen LogP contribution in [0.3, 0.4) is 0 Å². The number of hydrogen-bond acceptors (Lipinski definition) is 5. The molecule has 1 aromatic carbocycles. The van der Waals surface area contributed by atoms with E-state index in [9.17, 15) is 4.79 Å². The van der Waals surface area contributed by atoms with Gasteiger partial charge in [0.05, 0.1) is 13.2 Å². The van der Waals surface area contributed by atoms with Gasteiger partial charge in [-0.25, -0.2) is 9.97 Å². The van der Waals surface area contributed by atoms with E-state index in [2.05, 4.69) is 14.9 Å². The molecule has 2 aromatic rings. The zero-order chi connectivity index (χ0) is 16.2. The third-order valence-electron chi connectivity index (χ3n) is 3.80. The molecule has 1 aliphatic heterocycles. The van der Waals surface area contributed by atoms with Crippen molar-refractivity contribution in [3.05, 3.63) is 47.8 Å². The zero-order valence-corrected chi connectivity index (χ0v) is 13.4. The standard InChI is InChI=1S/C17H20N4O2/c1-13-12-15(16(22)20(2)14-6-4-3-5-7-14)19-17(18-13)21-8-10-23-11-9-21/h3-7,12H,8-11H2,1-2H3. The van der Waals surface area contributed by atoms with Crippen LogP contribution < -0.4 is 9.80 Å². The molecule has 1 saturated heterocycles. The minimum atomic E-state index is -0.142. The number of aromatic nitrogens is 2. The first-order valence-corrected chi connectivity index (χ1v) is 7.66. The van der Waals surface area contributed by atoms with Gasteiger partial charge in [-0.05, 0) is 25.1 Å². The summed E-state index contributed by atoms with van der Waals surface area (Å²) < 4.78 is 5.35. The van der Waals surface area contributed by atoms with Crippen molar-refractivity contribution >= 4 is 17.5 Å². The second-order valence-electron chi connectivity index (χ2n) is 5.49. The molecule has 0 aliphatic carbocycles. The van der Waals surface area contributed by atoms with Gasteiger partial charge in [0.1, 0.15) is 5.69 Å². The molecular formula is C17H20N4O2. The Hall–Kier alpha value is -2.47. The molecule has 0 bridgehead atoms. The number of ether oxygens (including phenoxy) is 1. The van der Waals surface area contributed by atoms with E-state index in [0.717, 1.165) is 24.5 Å². The summed E-state index contributed by atoms with van der Waals surface area (Å²) in [7, 11) is 1.75. The van der Waals surface area contributed by atoms with Crippen LogP contribution in [-0.4, -0.2) is 49.2 Å². The van der Waals surface area contributed by atoms with Crippen LogP contribution in [-0.2, 0) is 4.74 Å². The van der Waals surface area contributed by atoms with Gasteiger partial charge in [0.25, 0.3) is 5.91 Å². The summed E-state index contributed by atoms with van der Waals surface area (Å²) in [5.41, 5.74) is 2.03. The van der Waals surface area contributed by atoms with Crippen molar-refractivity contribution in [2.24, 2.45) is 0 Å². The molecular weight excluding hydrogens is 292 g/mol. The lowest BCUT2D eigenvalue weighted by Crippen LogP contribution is -2.38. The number of hydrogen-bond donors (Lipinski definition) is 0. The Morgan fingerprint density at radius 3 is 2.57 bits per heavy atom. The fourth-order valence-corrected chi connectivity index (χ4v) is 2.51. The van der Waals surface area contributed by atoms with E-state index in [0.29, 0.717) is 24.9 Å². The molecule has 0 N–H and O–H groups in total. The van der Waals surface area contributed by atoms with E-state index >= 15 is 0 Å². The minimum Gasteiger partial charge on any atom is -0.378 e. The van der Waals surface area contributed by atoms with Crippen molar-refractivity contribution in [2.45, 2.75) is 6.92 Å². The lowest BCUT2D eigenvalue weighted by atomic mass is 10.2. The largest absolute Gasteiger partial charge is 0.378 e. The van der Waals surface area contributed by atoms with Crippen molar-refractivity contribution in [3.8, 4) is 0 Å². The Balaban J connectivity index is 1.87. The molecule has 6 heteroatoms. The number of carbonyl (C=O) groups excluding carboxylic acids is 1. The highest BCUT2D eigenvalue weighted by Crippen LogP contribution is 2.17. The summed E-state index contributed by atoms with van der Waals surface area (Å²) in [6.45, 7) is 4.68. The van der Waals surface area contributed by atoms with E-state index in [4.69, 9.17) is 4.74 Å². The summed E-state index contributed by atoms with van der Waals surface area (Å²) in [6.07, 6.45) is 0. The number of nitrogens with zero attached hydrogens (tertiary/aromatic N) is 4. The van der Waals surface area contributed by atoms with Crippen LogP contribution in [0, 0.1) is 6.92 Å². The molecule has 0 radical (unpaired) electrons. The van der Waals surface area contributed by atoms with Gasteiger partial charge in [0, 0.05) is 31.5 Å². The molecule has 6 nitrogen and oxygen atoms in total. The Morgan fingerprint density at radius 2 is 1.87 bits per heavy atom. The molecule has 120 valence electrons. The predicted octanol–water partition coefficient (Wildman–Crippen LogP) is 1.90. The van der Waals surface area contributed by atoms with Crippen LogP contribution in [0.1, 0.15) is 16.2 Å². The topological polar surface area (TPSA) is 58.6 Å². The van der Waals surface area contributed by atoms with Crippen molar-refractivity contribution in [3.63, 3.8) is 0 Å². The predicted molar refractivity (Wildman–Crippen MR) is 89.0 cm³/mol. The van der Waals surface area contributed by atoms with Crippen LogP contribution >= 0.6 is 0 Å². The molecule has 1 fully saturated rings. The smallest absolute Gasteiger partial charge is 0.276 e. The van der Waals surface area contributed by atoms with Gasteiger partial charge in [0.15, 0.2) is 0 Å². The molecule has 2 heterocycles. The third-order valence-corrected chi connectivity index (χ3v) is 3.80. The Morgan fingerprint density at radius 1 is 1.17 bits per heavy atom. The van der Waals surface area contributed by atoms with Gasteiger partial charge in [-0.3, -0.25) is 4.79 Å². The Labute approximate surface area is 135 Å². The number of benzene rings is 1. The number of anilines is 2. The van der Waals surface area contributed by atoms with Crippen LogP contribution in [0.4, 0.5) is 11.6 Å². The average Bonchev–Trinajstić information content (AvgIpc) is 2.61. The number of rotatable bonds is 3. The fourth-order valence-electron chi connectivity index (χ4n) is 2.51. The first kappa shape index (κ1) is 15.4. The second kappa shape index (κ2) is 6.75. The zero-order valence-electron chi connectivity index (χ0n) is 13.4. The maximum atomic E-state index is 12.7. The highest BCUT2D eigenvalue weighted by molar-refractivity contribution is 6.04. The van der Waals surface area contributed by atoms with E-state index in [1.807, 2.05) is 37.3 Å². The van der Waals surface area contributed by atoms with E-state index in [-0.39, 0.29) is 5.91 Å². The summed E-state index contributed by atoms with van der Waals surface area (Å²) in [5.74, 6) is 0.453. The highest BCUT2D eigenvalue weighted by atomic mass is 16.5. The van der Waals surface area contributed by atoms with Gasteiger partial charge in [-0.2, -0.15) is 0 Å². The number of para-hydroxylation sites is 1. The highest BCUT2D eigenvalue weighted by Gasteiger charge is 2.20. The fraction of sp³-hybridized carbons (Fsp3) is 0.353. The summed E-state index contributed by atoms with van der Waals surface area (Å²) in [5, 5.41) is 0. The monoisotopic (exact) mass is 312 g/mol. The maximum Gasteiger partial charge on any atom is 0.276 e. The van der Waals surface area contributed by atoms with Crippen LogP contribution in [0.15, 0.2) is 36.4 Å². The minimum absolute atomic E-state index is 0.142. The van der Waals surface area contributed by atoms with Gasteiger partial charge < -0.3 is 14.5 Å². The molecule has 1 amide bonds. The molecule has 0 spiro atoms. The first-order chi connectivity index (χ1) is 11.1. The number of carbonyl (C=O) groups is 1.